The minimum Gasteiger partial charge on any atom is -0.456 e. The maximum absolute atomic E-state index is 6.99. The van der Waals surface area contributed by atoms with Gasteiger partial charge in [-0.2, -0.15) is 0 Å². The van der Waals surface area contributed by atoms with Gasteiger partial charge in [0.2, 0.25) is 0 Å². The van der Waals surface area contributed by atoms with Crippen molar-refractivity contribution in [1.82, 2.24) is 4.57 Å². The van der Waals surface area contributed by atoms with E-state index in [1.165, 1.54) is 38.6 Å². The fourth-order valence-electron chi connectivity index (χ4n) is 7.45. The fourth-order valence-corrected chi connectivity index (χ4v) is 7.45. The van der Waals surface area contributed by atoms with Gasteiger partial charge in [-0.3, -0.25) is 0 Å². The molecule has 3 heteroatoms. The van der Waals surface area contributed by atoms with Crippen LogP contribution in [0.2, 0.25) is 0 Å². The van der Waals surface area contributed by atoms with Gasteiger partial charge in [0.1, 0.15) is 11.5 Å². The predicted molar refractivity (Wildman–Crippen MR) is 165 cm³/mol. The Bertz CT molecular complexity index is 2160. The van der Waals surface area contributed by atoms with Gasteiger partial charge in [-0.05, 0) is 34.9 Å². The highest BCUT2D eigenvalue weighted by Crippen LogP contribution is 2.61. The molecule has 2 aliphatic rings. The van der Waals surface area contributed by atoms with Gasteiger partial charge in [0.25, 0.3) is 0 Å². The minimum atomic E-state index is -0.586. The first-order valence-corrected chi connectivity index (χ1v) is 14.1. The second-order valence-corrected chi connectivity index (χ2v) is 11.0. The summed E-state index contributed by atoms with van der Waals surface area (Å²) >= 11 is 0. The van der Waals surface area contributed by atoms with Crippen molar-refractivity contribution >= 4 is 21.8 Å². The summed E-state index contributed by atoms with van der Waals surface area (Å²) in [6.45, 7) is 0. The third-order valence-corrected chi connectivity index (χ3v) is 9.09. The lowest BCUT2D eigenvalue weighted by Crippen LogP contribution is -2.38. The lowest BCUT2D eigenvalue weighted by molar-refractivity contribution is 0.426. The molecule has 1 spiro atoms. The van der Waals surface area contributed by atoms with E-state index in [1.54, 1.807) is 0 Å². The molecular weight excluding hydrogens is 500 g/mol. The van der Waals surface area contributed by atoms with E-state index in [0.29, 0.717) is 0 Å². The lowest BCUT2D eigenvalue weighted by Gasteiger charge is -2.45. The molecule has 2 N–H and O–H groups in total. The highest BCUT2D eigenvalue weighted by atomic mass is 16.5. The van der Waals surface area contributed by atoms with Gasteiger partial charge in [0, 0.05) is 27.5 Å². The van der Waals surface area contributed by atoms with Crippen LogP contribution in [-0.4, -0.2) is 4.57 Å². The van der Waals surface area contributed by atoms with Crippen molar-refractivity contribution < 1.29 is 4.74 Å². The van der Waals surface area contributed by atoms with Crippen LogP contribution >= 0.6 is 0 Å². The smallest absolute Gasteiger partial charge is 0.137 e. The summed E-state index contributed by atoms with van der Waals surface area (Å²) in [5.74, 6) is 1.71. The number of nitrogens with two attached hydrogens (primary N) is 1. The van der Waals surface area contributed by atoms with Crippen molar-refractivity contribution in [2.24, 2.45) is 5.73 Å². The molecule has 194 valence electrons. The van der Waals surface area contributed by atoms with E-state index in [4.69, 9.17) is 10.5 Å². The molecule has 2 atom stereocenters. The molecule has 0 aliphatic carbocycles. The number of benzene rings is 6. The molecule has 9 rings (SSSR count). The van der Waals surface area contributed by atoms with Crippen LogP contribution in [0.3, 0.4) is 0 Å². The van der Waals surface area contributed by atoms with Crippen molar-refractivity contribution in [1.29, 1.82) is 0 Å². The summed E-state index contributed by atoms with van der Waals surface area (Å²) in [5, 5.41) is 2.52. The van der Waals surface area contributed by atoms with Crippen molar-refractivity contribution in [3.8, 4) is 17.2 Å². The minimum absolute atomic E-state index is 0.325. The largest absolute Gasteiger partial charge is 0.456 e. The molecule has 0 fully saturated rings. The standard InChI is InChI=1S/C38H26N2O/c39-35(24-12-2-1-3-13-24)27-16-11-20-31-37(27)41-34-23-9-6-18-29(34)38(31)28-17-5-8-22-33(28)40-32-21-7-4-14-25(32)26-15-10-19-30(38)36(26)40/h1-23,35H,39H2. The summed E-state index contributed by atoms with van der Waals surface area (Å²) in [5.41, 5.74) is 16.9. The monoisotopic (exact) mass is 526 g/mol. The first-order chi connectivity index (χ1) is 20.3. The van der Waals surface area contributed by atoms with Crippen LogP contribution in [0.15, 0.2) is 140 Å². The molecule has 0 amide bonds. The van der Waals surface area contributed by atoms with Crippen LogP contribution in [0.1, 0.15) is 39.4 Å². The second kappa shape index (κ2) is 8.20. The first kappa shape index (κ1) is 22.7. The van der Waals surface area contributed by atoms with E-state index < -0.39 is 5.41 Å². The van der Waals surface area contributed by atoms with Crippen LogP contribution in [0, 0.1) is 0 Å². The third-order valence-electron chi connectivity index (χ3n) is 9.09. The average molecular weight is 527 g/mol. The lowest BCUT2D eigenvalue weighted by atomic mass is 9.61. The second-order valence-electron chi connectivity index (χ2n) is 11.0. The molecule has 0 saturated carbocycles. The van der Waals surface area contributed by atoms with Crippen molar-refractivity contribution in [2.75, 3.05) is 0 Å². The summed E-state index contributed by atoms with van der Waals surface area (Å²) in [7, 11) is 0. The molecule has 0 bridgehead atoms. The van der Waals surface area contributed by atoms with Crippen LogP contribution in [0.5, 0.6) is 11.5 Å². The van der Waals surface area contributed by atoms with Gasteiger partial charge in [-0.15, -0.1) is 0 Å². The average Bonchev–Trinajstić information content (AvgIpc) is 3.38. The summed E-state index contributed by atoms with van der Waals surface area (Å²) in [4.78, 5) is 0. The van der Waals surface area contributed by atoms with Crippen LogP contribution in [0.4, 0.5) is 0 Å². The van der Waals surface area contributed by atoms with Crippen LogP contribution in [-0.2, 0) is 5.41 Å². The number of ether oxygens (including phenoxy) is 1. The van der Waals surface area contributed by atoms with Gasteiger partial charge < -0.3 is 15.0 Å². The van der Waals surface area contributed by atoms with Gasteiger partial charge in [-0.25, -0.2) is 0 Å². The highest BCUT2D eigenvalue weighted by molar-refractivity contribution is 6.12. The Morgan fingerprint density at radius 1 is 0.561 bits per heavy atom. The topological polar surface area (TPSA) is 40.2 Å². The zero-order chi connectivity index (χ0) is 27.1. The molecule has 2 unspecified atom stereocenters. The number of hydrogen-bond donors (Lipinski definition) is 1. The Balaban J connectivity index is 1.47. The van der Waals surface area contributed by atoms with E-state index in [2.05, 4.69) is 126 Å². The van der Waals surface area contributed by atoms with Crippen molar-refractivity contribution in [2.45, 2.75) is 11.5 Å². The Hall–Kier alpha value is -5.12. The Morgan fingerprint density at radius 3 is 2.12 bits per heavy atom. The number of rotatable bonds is 2. The Labute approximate surface area is 238 Å². The van der Waals surface area contributed by atoms with Gasteiger partial charge in [0.05, 0.1) is 28.2 Å². The van der Waals surface area contributed by atoms with Crippen LogP contribution in [0.25, 0.3) is 27.5 Å². The number of fused-ring (bicyclic) bond motifs is 11. The maximum Gasteiger partial charge on any atom is 0.137 e. The SMILES string of the molecule is NC(c1ccccc1)c1cccc2c1Oc1ccccc1C21c2ccccc2-n2c3ccccc3c3cccc1c32. The molecule has 0 radical (unpaired) electrons. The number of nitrogens with zero attached hydrogens (tertiary/aromatic N) is 1. The highest BCUT2D eigenvalue weighted by Gasteiger charge is 2.50. The Morgan fingerprint density at radius 2 is 1.22 bits per heavy atom. The predicted octanol–water partition coefficient (Wildman–Crippen LogP) is 8.63. The molecule has 1 aromatic heterocycles. The van der Waals surface area contributed by atoms with Gasteiger partial charge in [0.15, 0.2) is 0 Å². The number of hydrogen-bond acceptors (Lipinski definition) is 2. The summed E-state index contributed by atoms with van der Waals surface area (Å²) < 4.78 is 9.31. The van der Waals surface area contributed by atoms with Crippen molar-refractivity contribution in [3.63, 3.8) is 0 Å². The van der Waals surface area contributed by atoms with E-state index in [1.807, 2.05) is 18.2 Å². The first-order valence-electron chi connectivity index (χ1n) is 14.1. The third kappa shape index (κ3) is 2.81. The van der Waals surface area contributed by atoms with Crippen molar-refractivity contribution in [3.05, 3.63) is 173 Å². The van der Waals surface area contributed by atoms with Gasteiger partial charge in [-0.1, -0.05) is 121 Å². The zero-order valence-electron chi connectivity index (χ0n) is 22.3. The molecule has 0 saturated heterocycles. The van der Waals surface area contributed by atoms with E-state index in [-0.39, 0.29) is 6.04 Å². The van der Waals surface area contributed by atoms with E-state index in [0.717, 1.165) is 33.8 Å². The number of para-hydroxylation sites is 5. The maximum atomic E-state index is 6.99. The van der Waals surface area contributed by atoms with Gasteiger partial charge >= 0.3 is 0 Å². The Kier molecular flexibility index (Phi) is 4.53. The van der Waals surface area contributed by atoms with E-state index in [9.17, 15) is 0 Å². The molecular formula is C38H26N2O. The molecule has 2 aliphatic heterocycles. The van der Waals surface area contributed by atoms with Crippen LogP contribution < -0.4 is 10.5 Å². The molecule has 7 aromatic rings. The summed E-state index contributed by atoms with van der Waals surface area (Å²) in [6.07, 6.45) is 0. The normalized spacial score (nSPS) is 17.1. The molecule has 3 heterocycles. The summed E-state index contributed by atoms with van der Waals surface area (Å²) in [6, 6.07) is 49.3. The number of aromatic nitrogens is 1. The molecule has 6 aromatic carbocycles. The fraction of sp³-hybridized carbons (Fsp3) is 0.0526. The molecule has 41 heavy (non-hydrogen) atoms. The van der Waals surface area contributed by atoms with E-state index >= 15 is 0 Å². The zero-order valence-corrected chi connectivity index (χ0v) is 22.3. The quantitative estimate of drug-likeness (QED) is 0.245. The molecule has 3 nitrogen and oxygen atoms in total.